The molecule has 0 aliphatic carbocycles. The number of anilines is 1. The maximum Gasteiger partial charge on any atom is 0.257 e. The zero-order valence-corrected chi connectivity index (χ0v) is 18.7. The van der Waals surface area contributed by atoms with Crippen LogP contribution in [0.15, 0.2) is 53.1 Å². The molecule has 162 valence electrons. The van der Waals surface area contributed by atoms with E-state index in [4.69, 9.17) is 16.1 Å². The lowest BCUT2D eigenvalue weighted by atomic mass is 10.1. The molecule has 1 aliphatic heterocycles. The summed E-state index contributed by atoms with van der Waals surface area (Å²) < 4.78 is 5.29. The first-order valence-corrected chi connectivity index (χ1v) is 10.9. The Morgan fingerprint density at radius 3 is 2.52 bits per heavy atom. The molecular weight excluding hydrogens is 412 g/mol. The van der Waals surface area contributed by atoms with Crippen LogP contribution in [0.25, 0.3) is 11.3 Å². The van der Waals surface area contributed by atoms with Crippen molar-refractivity contribution in [3.63, 3.8) is 0 Å². The zero-order chi connectivity index (χ0) is 21.8. The Morgan fingerprint density at radius 2 is 1.81 bits per heavy atom. The van der Waals surface area contributed by atoms with Crippen LogP contribution < -0.4 is 10.2 Å². The van der Waals surface area contributed by atoms with E-state index < -0.39 is 0 Å². The lowest BCUT2D eigenvalue weighted by Gasteiger charge is -2.34. The number of carbonyl (C=O) groups excluding carboxylic acids is 1. The first-order chi connectivity index (χ1) is 15.0. The molecular formula is C24H27ClN4O2. The van der Waals surface area contributed by atoms with Gasteiger partial charge in [0.1, 0.15) is 17.0 Å². The molecule has 1 amide bonds. The van der Waals surface area contributed by atoms with E-state index >= 15 is 0 Å². The van der Waals surface area contributed by atoms with E-state index in [0.29, 0.717) is 34.1 Å². The summed E-state index contributed by atoms with van der Waals surface area (Å²) in [4.78, 5) is 17.6. The van der Waals surface area contributed by atoms with E-state index in [1.54, 1.807) is 13.0 Å². The SMILES string of the molecule is Cc1onc(-c2ccccc2Cl)c1C(=O)NCCc1ccc(N2CCN(C)CC2)cc1. The van der Waals surface area contributed by atoms with E-state index in [2.05, 4.69) is 51.6 Å². The third kappa shape index (κ3) is 4.92. The van der Waals surface area contributed by atoms with Crippen molar-refractivity contribution in [2.75, 3.05) is 44.7 Å². The molecule has 1 N–H and O–H groups in total. The number of rotatable bonds is 6. The van der Waals surface area contributed by atoms with E-state index in [-0.39, 0.29) is 5.91 Å². The van der Waals surface area contributed by atoms with Gasteiger partial charge in [0.05, 0.1) is 5.02 Å². The quantitative estimate of drug-likeness (QED) is 0.629. The molecule has 1 saturated heterocycles. The van der Waals surface area contributed by atoms with Crippen molar-refractivity contribution in [2.24, 2.45) is 0 Å². The summed E-state index contributed by atoms with van der Waals surface area (Å²) in [6.45, 7) is 6.55. The van der Waals surface area contributed by atoms with Crippen LogP contribution in [0.1, 0.15) is 21.7 Å². The van der Waals surface area contributed by atoms with E-state index in [1.807, 2.05) is 18.2 Å². The Bertz CT molecular complexity index is 1040. The molecule has 3 aromatic rings. The number of halogens is 1. The minimum atomic E-state index is -0.206. The average Bonchev–Trinajstić information content (AvgIpc) is 3.16. The number of carbonyl (C=O) groups is 1. The molecule has 1 aromatic heterocycles. The largest absolute Gasteiger partial charge is 0.369 e. The molecule has 0 bridgehead atoms. The smallest absolute Gasteiger partial charge is 0.257 e. The van der Waals surface area contributed by atoms with Gasteiger partial charge in [-0.1, -0.05) is 47.1 Å². The number of nitrogens with one attached hydrogen (secondary N) is 1. The Balaban J connectivity index is 1.36. The van der Waals surface area contributed by atoms with Crippen LogP contribution in [0.3, 0.4) is 0 Å². The van der Waals surface area contributed by atoms with Gasteiger partial charge in [-0.05, 0) is 44.2 Å². The van der Waals surface area contributed by atoms with Crippen LogP contribution in [-0.2, 0) is 6.42 Å². The second-order valence-electron chi connectivity index (χ2n) is 7.90. The van der Waals surface area contributed by atoms with Gasteiger partial charge in [0.15, 0.2) is 0 Å². The summed E-state index contributed by atoms with van der Waals surface area (Å²) in [6.07, 6.45) is 0.751. The molecule has 0 spiro atoms. The van der Waals surface area contributed by atoms with Crippen molar-refractivity contribution in [1.29, 1.82) is 0 Å². The zero-order valence-electron chi connectivity index (χ0n) is 17.9. The monoisotopic (exact) mass is 438 g/mol. The van der Waals surface area contributed by atoms with E-state index in [1.165, 1.54) is 11.3 Å². The van der Waals surface area contributed by atoms with Crippen LogP contribution in [0.5, 0.6) is 0 Å². The molecule has 0 atom stereocenters. The fraction of sp³-hybridized carbons (Fsp3) is 0.333. The van der Waals surface area contributed by atoms with Gasteiger partial charge >= 0.3 is 0 Å². The van der Waals surface area contributed by atoms with Gasteiger partial charge in [0.25, 0.3) is 5.91 Å². The minimum absolute atomic E-state index is 0.206. The highest BCUT2D eigenvalue weighted by Gasteiger charge is 2.22. The number of hydrogen-bond acceptors (Lipinski definition) is 5. The number of piperazine rings is 1. The van der Waals surface area contributed by atoms with Gasteiger partial charge < -0.3 is 19.6 Å². The van der Waals surface area contributed by atoms with Crippen LogP contribution in [0.2, 0.25) is 5.02 Å². The van der Waals surface area contributed by atoms with Gasteiger partial charge in [-0.3, -0.25) is 4.79 Å². The number of hydrogen-bond donors (Lipinski definition) is 1. The Labute approximate surface area is 187 Å². The van der Waals surface area contributed by atoms with Crippen molar-refractivity contribution in [3.8, 4) is 11.3 Å². The number of likely N-dealkylation sites (N-methyl/N-ethyl adjacent to an activating group) is 1. The summed E-state index contributed by atoms with van der Waals surface area (Å²) in [7, 11) is 2.16. The van der Waals surface area contributed by atoms with Crippen LogP contribution in [-0.4, -0.2) is 55.7 Å². The molecule has 6 nitrogen and oxygen atoms in total. The molecule has 1 fully saturated rings. The average molecular weight is 439 g/mol. The standard InChI is InChI=1S/C24H27ClN4O2/c1-17-22(23(27-31-17)20-5-3-4-6-21(20)25)24(30)26-12-11-18-7-9-19(10-8-18)29-15-13-28(2)14-16-29/h3-10H,11-16H2,1-2H3,(H,26,30). The third-order valence-corrected chi connectivity index (χ3v) is 6.05. The van der Waals surface area contributed by atoms with Crippen LogP contribution >= 0.6 is 11.6 Å². The molecule has 2 heterocycles. The van der Waals surface area contributed by atoms with Crippen molar-refractivity contribution in [2.45, 2.75) is 13.3 Å². The number of amides is 1. The maximum atomic E-state index is 12.8. The van der Waals surface area contributed by atoms with Crippen molar-refractivity contribution >= 4 is 23.2 Å². The molecule has 31 heavy (non-hydrogen) atoms. The first kappa shape index (κ1) is 21.4. The fourth-order valence-electron chi connectivity index (χ4n) is 3.82. The van der Waals surface area contributed by atoms with Crippen LogP contribution in [0.4, 0.5) is 5.69 Å². The predicted octanol–water partition coefficient (Wildman–Crippen LogP) is 4.03. The number of nitrogens with zero attached hydrogens (tertiary/aromatic N) is 3. The molecule has 7 heteroatoms. The topological polar surface area (TPSA) is 61.6 Å². The molecule has 0 radical (unpaired) electrons. The summed E-state index contributed by atoms with van der Waals surface area (Å²) in [5.74, 6) is 0.270. The highest BCUT2D eigenvalue weighted by Crippen LogP contribution is 2.30. The van der Waals surface area contributed by atoms with E-state index in [0.717, 1.165) is 32.6 Å². The number of benzene rings is 2. The van der Waals surface area contributed by atoms with E-state index in [9.17, 15) is 4.79 Å². The Kier molecular flexibility index (Phi) is 6.59. The van der Waals surface area contributed by atoms with Gasteiger partial charge in [0, 0.05) is 44.0 Å². The second-order valence-corrected chi connectivity index (χ2v) is 8.31. The number of aromatic nitrogens is 1. The summed E-state index contributed by atoms with van der Waals surface area (Å²) in [5, 5.41) is 7.59. The lowest BCUT2D eigenvalue weighted by molar-refractivity contribution is 0.0953. The molecule has 0 unspecified atom stereocenters. The first-order valence-electron chi connectivity index (χ1n) is 10.5. The highest BCUT2D eigenvalue weighted by atomic mass is 35.5. The Morgan fingerprint density at radius 1 is 1.10 bits per heavy atom. The third-order valence-electron chi connectivity index (χ3n) is 5.72. The number of aryl methyl sites for hydroxylation is 1. The summed E-state index contributed by atoms with van der Waals surface area (Å²) in [5.41, 5.74) is 4.03. The summed E-state index contributed by atoms with van der Waals surface area (Å²) >= 11 is 6.29. The lowest BCUT2D eigenvalue weighted by Crippen LogP contribution is -2.44. The fourth-order valence-corrected chi connectivity index (χ4v) is 4.05. The van der Waals surface area contributed by atoms with Gasteiger partial charge in [0.2, 0.25) is 0 Å². The normalized spacial score (nSPS) is 14.6. The Hall–Kier alpha value is -2.83. The molecule has 1 aliphatic rings. The second kappa shape index (κ2) is 9.54. The van der Waals surface area contributed by atoms with Gasteiger partial charge in [-0.2, -0.15) is 0 Å². The van der Waals surface area contributed by atoms with Crippen LogP contribution in [0, 0.1) is 6.92 Å². The van der Waals surface area contributed by atoms with Crippen molar-refractivity contribution in [3.05, 3.63) is 70.4 Å². The highest BCUT2D eigenvalue weighted by molar-refractivity contribution is 6.33. The van der Waals surface area contributed by atoms with Crippen molar-refractivity contribution < 1.29 is 9.32 Å². The van der Waals surface area contributed by atoms with Gasteiger partial charge in [-0.15, -0.1) is 0 Å². The molecule has 2 aromatic carbocycles. The predicted molar refractivity (Wildman–Crippen MR) is 124 cm³/mol. The molecule has 4 rings (SSSR count). The molecule has 0 saturated carbocycles. The minimum Gasteiger partial charge on any atom is -0.369 e. The summed E-state index contributed by atoms with van der Waals surface area (Å²) in [6, 6.07) is 15.9. The van der Waals surface area contributed by atoms with Gasteiger partial charge in [-0.25, -0.2) is 0 Å². The maximum absolute atomic E-state index is 12.8. The van der Waals surface area contributed by atoms with Crippen molar-refractivity contribution in [1.82, 2.24) is 15.4 Å².